The Morgan fingerprint density at radius 2 is 2.33 bits per heavy atom. The molecule has 1 aliphatic rings. The highest BCUT2D eigenvalue weighted by Gasteiger charge is 2.29. The second-order valence-corrected chi connectivity index (χ2v) is 4.45. The smallest absolute Gasteiger partial charge is 0.0521 e. The van der Waals surface area contributed by atoms with Gasteiger partial charge in [0.2, 0.25) is 0 Å². The van der Waals surface area contributed by atoms with Crippen molar-refractivity contribution in [1.82, 2.24) is 5.32 Å². The predicted octanol–water partition coefficient (Wildman–Crippen LogP) is 1.10. The Bertz CT molecular complexity index is 117. The summed E-state index contributed by atoms with van der Waals surface area (Å²) in [4.78, 5) is 0. The molecule has 0 spiro atoms. The average Bonchev–Trinajstić information content (AvgIpc) is 2.86. The van der Waals surface area contributed by atoms with Gasteiger partial charge in [0.05, 0.1) is 6.61 Å². The Morgan fingerprint density at radius 1 is 1.58 bits per heavy atom. The minimum atomic E-state index is 0.314. The zero-order valence-corrected chi connectivity index (χ0v) is 8.57. The highest BCUT2D eigenvalue weighted by atomic mass is 32.2. The Balaban J connectivity index is 2.05. The summed E-state index contributed by atoms with van der Waals surface area (Å²) in [5, 5.41) is 12.1. The summed E-state index contributed by atoms with van der Waals surface area (Å²) in [6.45, 7) is 3.54. The highest BCUT2D eigenvalue weighted by molar-refractivity contribution is 7.99. The number of thioether (sulfide) groups is 1. The van der Waals surface area contributed by atoms with E-state index >= 15 is 0 Å². The molecule has 0 aromatic heterocycles. The van der Waals surface area contributed by atoms with Gasteiger partial charge in [-0.05, 0) is 25.3 Å². The van der Waals surface area contributed by atoms with Crippen molar-refractivity contribution in [2.75, 3.05) is 24.7 Å². The van der Waals surface area contributed by atoms with E-state index < -0.39 is 0 Å². The fourth-order valence-electron chi connectivity index (χ4n) is 1.40. The van der Waals surface area contributed by atoms with Gasteiger partial charge in [-0.3, -0.25) is 0 Å². The first-order valence-electron chi connectivity index (χ1n) is 4.80. The van der Waals surface area contributed by atoms with E-state index in [1.54, 1.807) is 0 Å². The third kappa shape index (κ3) is 3.78. The van der Waals surface area contributed by atoms with Crippen molar-refractivity contribution in [2.45, 2.75) is 25.8 Å². The van der Waals surface area contributed by atoms with Crippen molar-refractivity contribution in [3.63, 3.8) is 0 Å². The number of hydrogen-bond acceptors (Lipinski definition) is 3. The molecular weight excluding hydrogens is 170 g/mol. The summed E-state index contributed by atoms with van der Waals surface area (Å²) in [5.41, 5.74) is 0. The van der Waals surface area contributed by atoms with Crippen LogP contribution in [0.1, 0.15) is 19.8 Å². The molecule has 1 unspecified atom stereocenters. The molecule has 1 rings (SSSR count). The summed E-state index contributed by atoms with van der Waals surface area (Å²) in [6, 6.07) is 0.701. The summed E-state index contributed by atoms with van der Waals surface area (Å²) >= 11 is 1.86. The minimum absolute atomic E-state index is 0.314. The van der Waals surface area contributed by atoms with E-state index in [0.717, 1.165) is 18.2 Å². The van der Waals surface area contributed by atoms with Gasteiger partial charge in [0.1, 0.15) is 0 Å². The van der Waals surface area contributed by atoms with Crippen molar-refractivity contribution in [2.24, 2.45) is 5.92 Å². The molecule has 0 amide bonds. The zero-order chi connectivity index (χ0) is 8.81. The first-order chi connectivity index (χ1) is 5.88. The molecule has 1 fully saturated rings. The molecule has 0 bridgehead atoms. The summed E-state index contributed by atoms with van der Waals surface area (Å²) in [5.74, 6) is 2.98. The quantitative estimate of drug-likeness (QED) is 0.588. The summed E-state index contributed by atoms with van der Waals surface area (Å²) in [6.07, 6.45) is 2.80. The average molecular weight is 189 g/mol. The van der Waals surface area contributed by atoms with Crippen LogP contribution in [0, 0.1) is 5.92 Å². The lowest BCUT2D eigenvalue weighted by Gasteiger charge is -2.16. The molecular formula is C9H19NOS. The fourth-order valence-corrected chi connectivity index (χ4v) is 2.34. The van der Waals surface area contributed by atoms with Crippen molar-refractivity contribution in [3.05, 3.63) is 0 Å². The van der Waals surface area contributed by atoms with Crippen molar-refractivity contribution in [3.8, 4) is 0 Å². The van der Waals surface area contributed by atoms with Gasteiger partial charge in [-0.1, -0.05) is 6.92 Å². The number of aliphatic hydroxyl groups is 1. The van der Waals surface area contributed by atoms with Crippen LogP contribution in [0.3, 0.4) is 0 Å². The Labute approximate surface area is 79.1 Å². The van der Waals surface area contributed by atoms with Crippen LogP contribution in [-0.2, 0) is 0 Å². The molecule has 0 aromatic rings. The lowest BCUT2D eigenvalue weighted by Crippen LogP contribution is -2.33. The number of aliphatic hydroxyl groups excluding tert-OH is 1. The molecule has 0 radical (unpaired) electrons. The molecule has 72 valence electrons. The summed E-state index contributed by atoms with van der Waals surface area (Å²) < 4.78 is 0. The standard InChI is InChI=1S/C9H19NOS/c1-2-10-9(8-3-4-8)7-12-6-5-11/h8-11H,2-7H2,1H3. The monoisotopic (exact) mass is 189 g/mol. The van der Waals surface area contributed by atoms with Gasteiger partial charge in [0.15, 0.2) is 0 Å². The fraction of sp³-hybridized carbons (Fsp3) is 1.00. The molecule has 1 saturated carbocycles. The van der Waals surface area contributed by atoms with E-state index in [4.69, 9.17) is 5.11 Å². The molecule has 2 N–H and O–H groups in total. The molecule has 0 aromatic carbocycles. The zero-order valence-electron chi connectivity index (χ0n) is 7.75. The first kappa shape index (κ1) is 10.4. The Morgan fingerprint density at radius 3 is 2.83 bits per heavy atom. The largest absolute Gasteiger partial charge is 0.396 e. The lowest BCUT2D eigenvalue weighted by atomic mass is 10.2. The molecule has 3 heteroatoms. The van der Waals surface area contributed by atoms with Crippen LogP contribution in [-0.4, -0.2) is 35.8 Å². The van der Waals surface area contributed by atoms with Gasteiger partial charge in [-0.25, -0.2) is 0 Å². The third-order valence-corrected chi connectivity index (χ3v) is 3.26. The predicted molar refractivity (Wildman–Crippen MR) is 54.6 cm³/mol. The van der Waals surface area contributed by atoms with Gasteiger partial charge in [-0.2, -0.15) is 11.8 Å². The topological polar surface area (TPSA) is 32.3 Å². The van der Waals surface area contributed by atoms with E-state index in [-0.39, 0.29) is 0 Å². The SMILES string of the molecule is CCNC(CSCCO)C1CC1. The van der Waals surface area contributed by atoms with Gasteiger partial charge < -0.3 is 10.4 Å². The van der Waals surface area contributed by atoms with Crippen molar-refractivity contribution in [1.29, 1.82) is 0 Å². The van der Waals surface area contributed by atoms with E-state index in [9.17, 15) is 0 Å². The summed E-state index contributed by atoms with van der Waals surface area (Å²) in [7, 11) is 0. The number of hydrogen-bond donors (Lipinski definition) is 2. The van der Waals surface area contributed by atoms with Crippen molar-refractivity contribution < 1.29 is 5.11 Å². The molecule has 12 heavy (non-hydrogen) atoms. The molecule has 0 heterocycles. The first-order valence-corrected chi connectivity index (χ1v) is 5.96. The highest BCUT2D eigenvalue weighted by Crippen LogP contribution is 2.33. The molecule has 1 atom stereocenters. The maximum absolute atomic E-state index is 8.62. The second-order valence-electron chi connectivity index (χ2n) is 3.30. The Kier molecular flexibility index (Phi) is 5.04. The second kappa shape index (κ2) is 5.84. The molecule has 0 aliphatic heterocycles. The van der Waals surface area contributed by atoms with Crippen LogP contribution in [0.15, 0.2) is 0 Å². The number of nitrogens with one attached hydrogen (secondary N) is 1. The molecule has 1 aliphatic carbocycles. The van der Waals surface area contributed by atoms with Crippen LogP contribution in [0.5, 0.6) is 0 Å². The van der Waals surface area contributed by atoms with Gasteiger partial charge in [0.25, 0.3) is 0 Å². The normalized spacial score (nSPS) is 19.5. The maximum atomic E-state index is 8.62. The van der Waals surface area contributed by atoms with Crippen LogP contribution in [0.25, 0.3) is 0 Å². The van der Waals surface area contributed by atoms with Crippen molar-refractivity contribution >= 4 is 11.8 Å². The van der Waals surface area contributed by atoms with E-state index in [2.05, 4.69) is 12.2 Å². The molecule has 0 saturated heterocycles. The van der Waals surface area contributed by atoms with Gasteiger partial charge in [-0.15, -0.1) is 0 Å². The van der Waals surface area contributed by atoms with Gasteiger partial charge in [0, 0.05) is 17.5 Å². The van der Waals surface area contributed by atoms with E-state index in [1.165, 1.54) is 18.6 Å². The van der Waals surface area contributed by atoms with Crippen LogP contribution < -0.4 is 5.32 Å². The third-order valence-electron chi connectivity index (χ3n) is 2.19. The Hall–Kier alpha value is 0.270. The lowest BCUT2D eigenvalue weighted by molar-refractivity contribution is 0.322. The van der Waals surface area contributed by atoms with Crippen LogP contribution in [0.4, 0.5) is 0 Å². The molecule has 2 nitrogen and oxygen atoms in total. The minimum Gasteiger partial charge on any atom is -0.396 e. The maximum Gasteiger partial charge on any atom is 0.0521 e. The van der Waals surface area contributed by atoms with E-state index in [1.807, 2.05) is 11.8 Å². The van der Waals surface area contributed by atoms with E-state index in [0.29, 0.717) is 12.6 Å². The van der Waals surface area contributed by atoms with Crippen LogP contribution in [0.2, 0.25) is 0 Å². The number of rotatable bonds is 7. The van der Waals surface area contributed by atoms with Gasteiger partial charge >= 0.3 is 0 Å². The van der Waals surface area contributed by atoms with Crippen LogP contribution >= 0.6 is 11.8 Å².